The van der Waals surface area contributed by atoms with Crippen LogP contribution in [0.4, 0.5) is 0 Å². The quantitative estimate of drug-likeness (QED) is 0.873. The Morgan fingerprint density at radius 3 is 2.83 bits per heavy atom. The molecule has 2 aromatic rings. The van der Waals surface area contributed by atoms with Crippen LogP contribution >= 0.6 is 11.3 Å². The monoisotopic (exact) mass is 344 g/mol. The Morgan fingerprint density at radius 1 is 1.33 bits per heavy atom. The van der Waals surface area contributed by atoms with Gasteiger partial charge in [0.2, 0.25) is 5.91 Å². The Labute approximate surface area is 147 Å². The number of fused-ring (bicyclic) bond motifs is 1. The van der Waals surface area contributed by atoms with Crippen LogP contribution in [0.1, 0.15) is 35.4 Å². The Kier molecular flexibility index (Phi) is 5.53. The van der Waals surface area contributed by atoms with Crippen molar-refractivity contribution in [3.8, 4) is 5.75 Å². The maximum absolute atomic E-state index is 12.8. The van der Waals surface area contributed by atoms with E-state index in [9.17, 15) is 4.79 Å². The van der Waals surface area contributed by atoms with E-state index in [2.05, 4.69) is 28.6 Å². The molecule has 0 saturated heterocycles. The molecular formula is C19H24N2O2S. The minimum Gasteiger partial charge on any atom is -0.497 e. The van der Waals surface area contributed by atoms with Gasteiger partial charge in [-0.2, -0.15) is 0 Å². The lowest BCUT2D eigenvalue weighted by Gasteiger charge is -2.34. The van der Waals surface area contributed by atoms with Gasteiger partial charge in [0.25, 0.3) is 0 Å². The summed E-state index contributed by atoms with van der Waals surface area (Å²) in [5, 5.41) is 5.21. The number of thiophene rings is 1. The molecular weight excluding hydrogens is 320 g/mol. The number of hydrogen-bond acceptors (Lipinski definition) is 4. The van der Waals surface area contributed by atoms with Gasteiger partial charge in [-0.3, -0.25) is 9.69 Å². The second kappa shape index (κ2) is 7.81. The fourth-order valence-corrected chi connectivity index (χ4v) is 4.04. The molecule has 128 valence electrons. The number of carbonyl (C=O) groups is 1. The average Bonchev–Trinajstić information content (AvgIpc) is 3.08. The second-order valence-corrected chi connectivity index (χ2v) is 7.06. The molecule has 0 spiro atoms. The molecule has 0 bridgehead atoms. The lowest BCUT2D eigenvalue weighted by atomic mass is 10.00. The van der Waals surface area contributed by atoms with Gasteiger partial charge < -0.3 is 10.1 Å². The molecule has 0 aliphatic carbocycles. The van der Waals surface area contributed by atoms with Crippen molar-refractivity contribution in [2.45, 2.75) is 32.4 Å². The predicted octanol–water partition coefficient (Wildman–Crippen LogP) is 3.38. The van der Waals surface area contributed by atoms with Crippen LogP contribution in [0.25, 0.3) is 0 Å². The fraction of sp³-hybridized carbons (Fsp3) is 0.421. The summed E-state index contributed by atoms with van der Waals surface area (Å²) in [4.78, 5) is 16.6. The van der Waals surface area contributed by atoms with Crippen LogP contribution in [0.3, 0.4) is 0 Å². The number of methoxy groups -OCH3 is 1. The summed E-state index contributed by atoms with van der Waals surface area (Å²) >= 11 is 1.82. The van der Waals surface area contributed by atoms with Crippen molar-refractivity contribution >= 4 is 17.2 Å². The molecule has 1 atom stereocenters. The van der Waals surface area contributed by atoms with Crippen molar-refractivity contribution in [1.29, 1.82) is 0 Å². The second-order valence-electron chi connectivity index (χ2n) is 6.06. The number of nitrogens with zero attached hydrogens (tertiary/aromatic N) is 1. The van der Waals surface area contributed by atoms with E-state index in [4.69, 9.17) is 4.74 Å². The molecule has 1 amide bonds. The van der Waals surface area contributed by atoms with Crippen molar-refractivity contribution in [3.63, 3.8) is 0 Å². The van der Waals surface area contributed by atoms with Crippen LogP contribution in [0.15, 0.2) is 35.7 Å². The first-order valence-corrected chi connectivity index (χ1v) is 9.32. The van der Waals surface area contributed by atoms with Crippen LogP contribution in [0.5, 0.6) is 5.75 Å². The molecule has 1 aliphatic rings. The Hall–Kier alpha value is -1.85. The van der Waals surface area contributed by atoms with E-state index in [0.717, 1.165) is 37.2 Å². The molecule has 24 heavy (non-hydrogen) atoms. The number of nitrogens with one attached hydrogen (secondary N) is 1. The number of ether oxygens (including phenoxy) is 1. The lowest BCUT2D eigenvalue weighted by Crippen LogP contribution is -2.42. The molecule has 1 N–H and O–H groups in total. The molecule has 1 aromatic heterocycles. The highest BCUT2D eigenvalue weighted by molar-refractivity contribution is 7.10. The highest BCUT2D eigenvalue weighted by atomic mass is 32.1. The topological polar surface area (TPSA) is 41.6 Å². The molecule has 1 aliphatic heterocycles. The predicted molar refractivity (Wildman–Crippen MR) is 97.5 cm³/mol. The number of carbonyl (C=O) groups excluding carboxylic acids is 1. The molecule has 4 nitrogen and oxygen atoms in total. The Morgan fingerprint density at radius 2 is 2.12 bits per heavy atom. The van der Waals surface area contributed by atoms with Crippen molar-refractivity contribution in [1.82, 2.24) is 10.2 Å². The summed E-state index contributed by atoms with van der Waals surface area (Å²) in [6.07, 6.45) is 1.95. The third-order valence-corrected chi connectivity index (χ3v) is 5.45. The van der Waals surface area contributed by atoms with Crippen LogP contribution in [-0.2, 0) is 17.8 Å². The largest absolute Gasteiger partial charge is 0.497 e. The summed E-state index contributed by atoms with van der Waals surface area (Å²) < 4.78 is 5.24. The highest BCUT2D eigenvalue weighted by Gasteiger charge is 2.30. The first-order chi connectivity index (χ1) is 11.7. The average molecular weight is 344 g/mol. The van der Waals surface area contributed by atoms with E-state index in [1.54, 1.807) is 7.11 Å². The van der Waals surface area contributed by atoms with Gasteiger partial charge in [0.15, 0.2) is 0 Å². The minimum atomic E-state index is -0.254. The number of amides is 1. The third-order valence-electron chi connectivity index (χ3n) is 4.43. The normalized spacial score (nSPS) is 15.6. The fourth-order valence-electron chi connectivity index (χ4n) is 3.15. The van der Waals surface area contributed by atoms with Gasteiger partial charge in [0.1, 0.15) is 11.8 Å². The SMILES string of the molecule is CCCNC(=O)C(c1ccc(OC)cc1)N1CCc2sccc2C1. The maximum Gasteiger partial charge on any atom is 0.241 e. The molecule has 0 saturated carbocycles. The standard InChI is InChI=1S/C19H24N2O2S/c1-3-10-20-19(22)18(14-4-6-16(23-2)7-5-14)21-11-8-17-15(13-21)9-12-24-17/h4-7,9,12,18H,3,8,10-11,13H2,1-2H3,(H,20,22). The Balaban J connectivity index is 1.85. The summed E-state index contributed by atoms with van der Waals surface area (Å²) in [6, 6.07) is 9.78. The highest BCUT2D eigenvalue weighted by Crippen LogP contribution is 2.31. The zero-order valence-corrected chi connectivity index (χ0v) is 15.1. The van der Waals surface area contributed by atoms with E-state index < -0.39 is 0 Å². The zero-order chi connectivity index (χ0) is 16.9. The van der Waals surface area contributed by atoms with Crippen LogP contribution in [0, 0.1) is 0 Å². The maximum atomic E-state index is 12.8. The molecule has 5 heteroatoms. The number of hydrogen-bond donors (Lipinski definition) is 1. The van der Waals surface area contributed by atoms with E-state index in [-0.39, 0.29) is 11.9 Å². The van der Waals surface area contributed by atoms with Gasteiger partial charge in [-0.1, -0.05) is 19.1 Å². The molecule has 1 unspecified atom stereocenters. The molecule has 0 fully saturated rings. The summed E-state index contributed by atoms with van der Waals surface area (Å²) in [5.74, 6) is 0.894. The smallest absolute Gasteiger partial charge is 0.241 e. The van der Waals surface area contributed by atoms with E-state index in [0.29, 0.717) is 6.54 Å². The molecule has 1 aromatic carbocycles. The third kappa shape index (κ3) is 3.62. The number of rotatable bonds is 6. The van der Waals surface area contributed by atoms with Crippen molar-refractivity contribution in [2.75, 3.05) is 20.2 Å². The van der Waals surface area contributed by atoms with Gasteiger partial charge in [-0.15, -0.1) is 11.3 Å². The minimum absolute atomic E-state index is 0.0840. The lowest BCUT2D eigenvalue weighted by molar-refractivity contribution is -0.127. The van der Waals surface area contributed by atoms with Gasteiger partial charge in [0, 0.05) is 24.5 Å². The van der Waals surface area contributed by atoms with Gasteiger partial charge in [0.05, 0.1) is 7.11 Å². The van der Waals surface area contributed by atoms with Crippen LogP contribution in [0.2, 0.25) is 0 Å². The molecule has 0 radical (unpaired) electrons. The summed E-state index contributed by atoms with van der Waals surface area (Å²) in [7, 11) is 1.66. The van der Waals surface area contributed by atoms with E-state index in [1.165, 1.54) is 10.4 Å². The molecule has 3 rings (SSSR count). The first kappa shape index (κ1) is 17.0. The van der Waals surface area contributed by atoms with Crippen molar-refractivity contribution in [3.05, 3.63) is 51.7 Å². The summed E-state index contributed by atoms with van der Waals surface area (Å²) in [6.45, 7) is 4.52. The van der Waals surface area contributed by atoms with E-state index in [1.807, 2.05) is 35.6 Å². The van der Waals surface area contributed by atoms with Gasteiger partial charge in [-0.05, 0) is 47.5 Å². The van der Waals surface area contributed by atoms with Crippen molar-refractivity contribution < 1.29 is 9.53 Å². The summed E-state index contributed by atoms with van der Waals surface area (Å²) in [5.41, 5.74) is 2.37. The number of benzene rings is 1. The van der Waals surface area contributed by atoms with Gasteiger partial charge in [-0.25, -0.2) is 0 Å². The van der Waals surface area contributed by atoms with Crippen molar-refractivity contribution in [2.24, 2.45) is 0 Å². The Bertz CT molecular complexity index is 681. The van der Waals surface area contributed by atoms with Gasteiger partial charge >= 0.3 is 0 Å². The molecule has 2 heterocycles. The van der Waals surface area contributed by atoms with E-state index >= 15 is 0 Å². The van der Waals surface area contributed by atoms with Crippen LogP contribution in [-0.4, -0.2) is 31.0 Å². The zero-order valence-electron chi connectivity index (χ0n) is 14.2. The van der Waals surface area contributed by atoms with Crippen LogP contribution < -0.4 is 10.1 Å². The first-order valence-electron chi connectivity index (χ1n) is 8.44.